The number of nitrogens with one attached hydrogen (secondary N) is 1. The van der Waals surface area contributed by atoms with Crippen molar-refractivity contribution < 1.29 is 27.5 Å². The van der Waals surface area contributed by atoms with E-state index in [-0.39, 0.29) is 41.1 Å². The Morgan fingerprint density at radius 3 is 2.44 bits per heavy atom. The lowest BCUT2D eigenvalue weighted by Crippen LogP contribution is -2.47. The van der Waals surface area contributed by atoms with Crippen LogP contribution in [0, 0.1) is 0 Å². The number of amides is 2. The first-order valence-corrected chi connectivity index (χ1v) is 16.7. The minimum atomic E-state index is -4.69. The Bertz CT molecular complexity index is 2100. The molecule has 1 aliphatic heterocycles. The van der Waals surface area contributed by atoms with E-state index in [1.54, 1.807) is 49.6 Å². The SMILES string of the molecule is CCCOc1ccc(-n2c(C(=O)NCc3ccccc3-c3ncccn3)c3n(c2=O)C[C@H](C)N(C(=O)c2ccc(Br)c(C(F)(F)F)c2)C3)cc1. The van der Waals surface area contributed by atoms with Gasteiger partial charge in [0, 0.05) is 47.1 Å². The number of nitrogens with zero attached hydrogens (tertiary/aromatic N) is 5. The van der Waals surface area contributed by atoms with Gasteiger partial charge in [-0.1, -0.05) is 47.1 Å². The van der Waals surface area contributed by atoms with Crippen LogP contribution in [0.15, 0.2) is 94.5 Å². The number of aromatic nitrogens is 4. The Kier molecular flexibility index (Phi) is 9.91. The standard InChI is InChI=1S/C36H32BrF3N6O4/c1-3-17-50-26-12-10-25(11-13-26)46-31(33(47)43-19-24-7-4-5-8-27(24)32-41-15-6-16-42-32)30-21-44(22(2)20-45(30)35(46)49)34(48)23-9-14-29(37)28(18-23)36(38,39)40/h4-16,18,22H,3,17,19-21H2,1-2H3,(H,43,47)/t22-/m0/s1. The first-order valence-electron chi connectivity index (χ1n) is 15.9. The van der Waals surface area contributed by atoms with Gasteiger partial charge in [-0.15, -0.1) is 0 Å². The fourth-order valence-corrected chi connectivity index (χ4v) is 6.38. The van der Waals surface area contributed by atoms with Crippen molar-refractivity contribution in [3.8, 4) is 22.8 Å². The maximum absolute atomic E-state index is 14.2. The maximum atomic E-state index is 14.2. The number of carbonyl (C=O) groups excluding carboxylic acids is 2. The van der Waals surface area contributed by atoms with Crippen molar-refractivity contribution in [2.75, 3.05) is 6.61 Å². The van der Waals surface area contributed by atoms with Crippen molar-refractivity contribution >= 4 is 27.7 Å². The highest BCUT2D eigenvalue weighted by Crippen LogP contribution is 2.36. The first kappa shape index (κ1) is 34.6. The molecule has 0 fully saturated rings. The summed E-state index contributed by atoms with van der Waals surface area (Å²) in [6.07, 6.45) is -0.639. The summed E-state index contributed by atoms with van der Waals surface area (Å²) in [7, 11) is 0. The van der Waals surface area contributed by atoms with Gasteiger partial charge < -0.3 is 15.0 Å². The van der Waals surface area contributed by atoms with Gasteiger partial charge in [0.15, 0.2) is 5.82 Å². The Hall–Kier alpha value is -5.24. The van der Waals surface area contributed by atoms with Crippen LogP contribution in [0.2, 0.25) is 0 Å². The van der Waals surface area contributed by atoms with Crippen molar-refractivity contribution in [2.24, 2.45) is 0 Å². The van der Waals surface area contributed by atoms with Crippen molar-refractivity contribution in [1.29, 1.82) is 0 Å². The van der Waals surface area contributed by atoms with Crippen LogP contribution in [0.4, 0.5) is 13.2 Å². The van der Waals surface area contributed by atoms with Crippen LogP contribution < -0.4 is 15.7 Å². The quantitative estimate of drug-likeness (QED) is 0.181. The van der Waals surface area contributed by atoms with Gasteiger partial charge in [0.1, 0.15) is 11.4 Å². The molecule has 10 nitrogen and oxygen atoms in total. The number of alkyl halides is 3. The molecule has 3 heterocycles. The summed E-state index contributed by atoms with van der Waals surface area (Å²) in [4.78, 5) is 52.1. The normalized spacial score (nSPS) is 14.3. The van der Waals surface area contributed by atoms with Crippen molar-refractivity contribution in [3.63, 3.8) is 0 Å². The summed E-state index contributed by atoms with van der Waals surface area (Å²) < 4.78 is 49.4. The van der Waals surface area contributed by atoms with E-state index < -0.39 is 35.3 Å². The van der Waals surface area contributed by atoms with Gasteiger partial charge in [-0.3, -0.25) is 18.7 Å². The molecule has 0 saturated carbocycles. The van der Waals surface area contributed by atoms with Gasteiger partial charge in [-0.05, 0) is 67.4 Å². The number of fused-ring (bicyclic) bond motifs is 1. The molecule has 2 aromatic heterocycles. The number of hydrogen-bond acceptors (Lipinski definition) is 6. The number of benzene rings is 3. The Labute approximate surface area is 293 Å². The summed E-state index contributed by atoms with van der Waals surface area (Å²) in [6.45, 7) is 4.07. The molecule has 0 unspecified atom stereocenters. The van der Waals surface area contributed by atoms with E-state index in [2.05, 4.69) is 31.2 Å². The molecule has 0 radical (unpaired) electrons. The molecule has 0 saturated heterocycles. The second kappa shape index (κ2) is 14.3. The van der Waals surface area contributed by atoms with Crippen LogP contribution in [0.3, 0.4) is 0 Å². The summed E-state index contributed by atoms with van der Waals surface area (Å²) in [6, 6.07) is 18.5. The number of rotatable bonds is 9. The first-order chi connectivity index (χ1) is 24.0. The van der Waals surface area contributed by atoms with Crippen molar-refractivity contribution in [2.45, 2.75) is 52.1 Å². The van der Waals surface area contributed by atoms with Crippen LogP contribution in [0.5, 0.6) is 5.75 Å². The van der Waals surface area contributed by atoms with Gasteiger partial charge in [-0.2, -0.15) is 13.2 Å². The smallest absolute Gasteiger partial charge is 0.417 e. The molecule has 0 spiro atoms. The predicted octanol–water partition coefficient (Wildman–Crippen LogP) is 6.64. The number of hydrogen-bond donors (Lipinski definition) is 1. The summed E-state index contributed by atoms with van der Waals surface area (Å²) in [5.74, 6) is -0.180. The Balaban J connectivity index is 1.39. The zero-order chi connectivity index (χ0) is 35.6. The molecule has 14 heteroatoms. The fourth-order valence-electron chi connectivity index (χ4n) is 5.90. The van der Waals surface area contributed by atoms with Gasteiger partial charge in [0.05, 0.1) is 30.1 Å². The molecular formula is C36H32BrF3N6O4. The molecule has 6 rings (SSSR count). The summed E-state index contributed by atoms with van der Waals surface area (Å²) >= 11 is 2.92. The largest absolute Gasteiger partial charge is 0.494 e. The van der Waals surface area contributed by atoms with Gasteiger partial charge in [-0.25, -0.2) is 14.8 Å². The molecule has 5 aromatic rings. The van der Waals surface area contributed by atoms with Gasteiger partial charge in [0.25, 0.3) is 11.8 Å². The molecular weight excluding hydrogens is 717 g/mol. The van der Waals surface area contributed by atoms with E-state index in [0.717, 1.165) is 18.1 Å². The highest BCUT2D eigenvalue weighted by atomic mass is 79.9. The molecule has 3 aromatic carbocycles. The van der Waals surface area contributed by atoms with E-state index in [0.29, 0.717) is 29.4 Å². The van der Waals surface area contributed by atoms with E-state index in [1.165, 1.54) is 26.2 Å². The van der Waals surface area contributed by atoms with Crippen LogP contribution in [0.1, 0.15) is 57.9 Å². The average molecular weight is 750 g/mol. The topological polar surface area (TPSA) is 111 Å². The van der Waals surface area contributed by atoms with Gasteiger partial charge >= 0.3 is 11.9 Å². The molecule has 1 aliphatic rings. The molecule has 0 bridgehead atoms. The Morgan fingerprint density at radius 2 is 1.74 bits per heavy atom. The highest BCUT2D eigenvalue weighted by molar-refractivity contribution is 9.10. The predicted molar refractivity (Wildman–Crippen MR) is 183 cm³/mol. The minimum absolute atomic E-state index is 0.00200. The van der Waals surface area contributed by atoms with Crippen LogP contribution >= 0.6 is 15.9 Å². The molecule has 1 N–H and O–H groups in total. The van der Waals surface area contributed by atoms with E-state index >= 15 is 0 Å². The number of ether oxygens (including phenoxy) is 1. The van der Waals surface area contributed by atoms with Gasteiger partial charge in [0.2, 0.25) is 0 Å². The van der Waals surface area contributed by atoms with E-state index in [9.17, 15) is 27.6 Å². The number of imidazole rings is 1. The third-order valence-electron chi connectivity index (χ3n) is 8.37. The molecule has 2 amide bonds. The van der Waals surface area contributed by atoms with Crippen molar-refractivity contribution in [1.82, 2.24) is 29.3 Å². The lowest BCUT2D eigenvalue weighted by molar-refractivity contribution is -0.138. The maximum Gasteiger partial charge on any atom is 0.417 e. The van der Waals surface area contributed by atoms with Crippen LogP contribution in [-0.4, -0.2) is 48.5 Å². The van der Waals surface area contributed by atoms with Crippen molar-refractivity contribution in [3.05, 3.63) is 128 Å². The lowest BCUT2D eigenvalue weighted by atomic mass is 10.1. The van der Waals surface area contributed by atoms with E-state index in [1.807, 2.05) is 31.2 Å². The number of halogens is 4. The molecule has 0 aliphatic carbocycles. The van der Waals surface area contributed by atoms with E-state index in [4.69, 9.17) is 4.74 Å². The fraction of sp³-hybridized carbons (Fsp3) is 0.250. The molecule has 50 heavy (non-hydrogen) atoms. The molecule has 1 atom stereocenters. The highest BCUT2D eigenvalue weighted by Gasteiger charge is 2.37. The minimum Gasteiger partial charge on any atom is -0.494 e. The second-order valence-corrected chi connectivity index (χ2v) is 12.6. The van der Waals surface area contributed by atoms with Crippen LogP contribution in [0.25, 0.3) is 17.1 Å². The lowest BCUT2D eigenvalue weighted by Gasteiger charge is -2.34. The summed E-state index contributed by atoms with van der Waals surface area (Å²) in [5.41, 5.74) is 0.447. The van der Waals surface area contributed by atoms with Crippen LogP contribution in [-0.2, 0) is 25.8 Å². The zero-order valence-corrected chi connectivity index (χ0v) is 28.7. The average Bonchev–Trinajstić information content (AvgIpc) is 3.40. The third kappa shape index (κ3) is 6.93. The zero-order valence-electron chi connectivity index (χ0n) is 27.1. The number of carbonyl (C=O) groups is 2. The summed E-state index contributed by atoms with van der Waals surface area (Å²) in [5, 5.41) is 2.93. The molecule has 258 valence electrons. The Morgan fingerprint density at radius 1 is 1.02 bits per heavy atom. The third-order valence-corrected chi connectivity index (χ3v) is 9.06. The monoisotopic (exact) mass is 748 g/mol. The second-order valence-electron chi connectivity index (χ2n) is 11.8.